The number of carboxylic acids is 1. The monoisotopic (exact) mass is 250 g/mol. The first-order valence-electron chi connectivity index (χ1n) is 5.80. The fourth-order valence-corrected chi connectivity index (χ4v) is 1.43. The summed E-state index contributed by atoms with van der Waals surface area (Å²) in [5, 5.41) is 11.2. The van der Waals surface area contributed by atoms with Crippen LogP contribution in [0.4, 0.5) is 0 Å². The standard InChI is InChI=1S/C13H18N2O3/c1-9(13(17)18)8-15-12(16)11(14)7-10-5-3-2-4-6-10/h2-6,9,11H,7-8,14H2,1H3,(H,15,16)(H,17,18). The second-order valence-corrected chi connectivity index (χ2v) is 4.28. The first kappa shape index (κ1) is 14.2. The Kier molecular flexibility index (Phi) is 5.32. The van der Waals surface area contributed by atoms with Crippen molar-refractivity contribution in [1.82, 2.24) is 5.32 Å². The van der Waals surface area contributed by atoms with Gasteiger partial charge in [-0.3, -0.25) is 9.59 Å². The normalized spacial score (nSPS) is 13.7. The third-order valence-electron chi connectivity index (χ3n) is 2.64. The molecular formula is C13H18N2O3. The van der Waals surface area contributed by atoms with E-state index in [1.807, 2.05) is 30.3 Å². The minimum atomic E-state index is -0.938. The number of aliphatic carboxylic acids is 1. The Morgan fingerprint density at radius 3 is 2.50 bits per heavy atom. The Morgan fingerprint density at radius 1 is 1.33 bits per heavy atom. The molecule has 0 saturated heterocycles. The van der Waals surface area contributed by atoms with Crippen molar-refractivity contribution in [2.24, 2.45) is 11.7 Å². The minimum Gasteiger partial charge on any atom is -0.481 e. The van der Waals surface area contributed by atoms with Gasteiger partial charge in [0.25, 0.3) is 0 Å². The van der Waals surface area contributed by atoms with Crippen molar-refractivity contribution in [2.75, 3.05) is 6.54 Å². The Labute approximate surface area is 106 Å². The lowest BCUT2D eigenvalue weighted by molar-refractivity contribution is -0.141. The van der Waals surface area contributed by atoms with E-state index in [0.29, 0.717) is 6.42 Å². The van der Waals surface area contributed by atoms with Crippen molar-refractivity contribution in [3.8, 4) is 0 Å². The SMILES string of the molecule is CC(CNC(=O)C(N)Cc1ccccc1)C(=O)O. The van der Waals surface area contributed by atoms with E-state index < -0.39 is 17.9 Å². The van der Waals surface area contributed by atoms with Gasteiger partial charge in [0.2, 0.25) is 5.91 Å². The summed E-state index contributed by atoms with van der Waals surface area (Å²) in [5.41, 5.74) is 6.73. The number of hydrogen-bond acceptors (Lipinski definition) is 3. The number of carbonyl (C=O) groups excluding carboxylic acids is 1. The summed E-state index contributed by atoms with van der Waals surface area (Å²) >= 11 is 0. The van der Waals surface area contributed by atoms with Crippen LogP contribution >= 0.6 is 0 Å². The molecule has 18 heavy (non-hydrogen) atoms. The highest BCUT2D eigenvalue weighted by atomic mass is 16.4. The number of nitrogens with one attached hydrogen (secondary N) is 1. The average Bonchev–Trinajstić information content (AvgIpc) is 2.36. The first-order valence-corrected chi connectivity index (χ1v) is 5.80. The van der Waals surface area contributed by atoms with E-state index in [0.717, 1.165) is 5.56 Å². The number of hydrogen-bond donors (Lipinski definition) is 3. The van der Waals surface area contributed by atoms with Crippen molar-refractivity contribution in [1.29, 1.82) is 0 Å². The summed E-state index contributed by atoms with van der Waals surface area (Å²) in [6.07, 6.45) is 0.439. The molecule has 2 unspecified atom stereocenters. The van der Waals surface area contributed by atoms with Gasteiger partial charge in [-0.2, -0.15) is 0 Å². The number of amides is 1. The van der Waals surface area contributed by atoms with Crippen LogP contribution in [0.3, 0.4) is 0 Å². The summed E-state index contributed by atoms with van der Waals surface area (Å²) in [7, 11) is 0. The molecule has 4 N–H and O–H groups in total. The number of benzene rings is 1. The van der Waals surface area contributed by atoms with E-state index in [1.165, 1.54) is 6.92 Å². The van der Waals surface area contributed by atoms with Gasteiger partial charge >= 0.3 is 5.97 Å². The molecule has 2 atom stereocenters. The highest BCUT2D eigenvalue weighted by molar-refractivity contribution is 5.82. The van der Waals surface area contributed by atoms with E-state index in [2.05, 4.69) is 5.32 Å². The Hall–Kier alpha value is -1.88. The third kappa shape index (κ3) is 4.55. The molecule has 0 aliphatic heterocycles. The van der Waals surface area contributed by atoms with Gasteiger partial charge in [0.05, 0.1) is 12.0 Å². The summed E-state index contributed by atoms with van der Waals surface area (Å²) in [6.45, 7) is 1.63. The molecule has 5 nitrogen and oxygen atoms in total. The molecule has 1 aromatic carbocycles. The molecule has 0 fully saturated rings. The molecule has 0 saturated carbocycles. The van der Waals surface area contributed by atoms with E-state index >= 15 is 0 Å². The molecule has 5 heteroatoms. The smallest absolute Gasteiger partial charge is 0.308 e. The summed E-state index contributed by atoms with van der Waals surface area (Å²) in [6, 6.07) is 8.79. The Balaban J connectivity index is 2.40. The van der Waals surface area contributed by atoms with Gasteiger partial charge < -0.3 is 16.2 Å². The maximum atomic E-state index is 11.6. The van der Waals surface area contributed by atoms with Gasteiger partial charge in [0.15, 0.2) is 0 Å². The average molecular weight is 250 g/mol. The Morgan fingerprint density at radius 2 is 1.94 bits per heavy atom. The van der Waals surface area contributed by atoms with Crippen LogP contribution in [-0.2, 0) is 16.0 Å². The topological polar surface area (TPSA) is 92.4 Å². The lowest BCUT2D eigenvalue weighted by Gasteiger charge is -2.13. The summed E-state index contributed by atoms with van der Waals surface area (Å²) in [5.74, 6) is -1.88. The molecule has 0 radical (unpaired) electrons. The predicted octanol–water partition coefficient (Wildman–Crippen LogP) is 0.393. The van der Waals surface area contributed by atoms with Crippen molar-refractivity contribution in [3.63, 3.8) is 0 Å². The van der Waals surface area contributed by atoms with Gasteiger partial charge in [0, 0.05) is 6.54 Å². The highest BCUT2D eigenvalue weighted by Crippen LogP contribution is 2.02. The Bertz CT molecular complexity index is 406. The molecule has 1 rings (SSSR count). The molecule has 0 aromatic heterocycles. The van der Waals surface area contributed by atoms with Crippen LogP contribution in [-0.4, -0.2) is 29.6 Å². The van der Waals surface area contributed by atoms with Crippen molar-refractivity contribution < 1.29 is 14.7 Å². The molecule has 98 valence electrons. The lowest BCUT2D eigenvalue weighted by Crippen LogP contribution is -2.44. The van der Waals surface area contributed by atoms with E-state index in [1.54, 1.807) is 0 Å². The van der Waals surface area contributed by atoms with Gasteiger partial charge in [-0.15, -0.1) is 0 Å². The third-order valence-corrected chi connectivity index (χ3v) is 2.64. The maximum Gasteiger partial charge on any atom is 0.308 e. The van der Waals surface area contributed by atoms with Crippen LogP contribution in [0, 0.1) is 5.92 Å². The quantitative estimate of drug-likeness (QED) is 0.681. The van der Waals surface area contributed by atoms with E-state index in [9.17, 15) is 9.59 Å². The second kappa shape index (κ2) is 6.76. The summed E-state index contributed by atoms with van der Waals surface area (Å²) in [4.78, 5) is 22.2. The summed E-state index contributed by atoms with van der Waals surface area (Å²) < 4.78 is 0. The van der Waals surface area contributed by atoms with Crippen molar-refractivity contribution >= 4 is 11.9 Å². The minimum absolute atomic E-state index is 0.0939. The van der Waals surface area contributed by atoms with Crippen LogP contribution in [0.1, 0.15) is 12.5 Å². The molecule has 0 spiro atoms. The molecule has 0 bridgehead atoms. The maximum absolute atomic E-state index is 11.6. The molecule has 0 aliphatic carbocycles. The van der Waals surface area contributed by atoms with Gasteiger partial charge in [-0.05, 0) is 12.0 Å². The number of carbonyl (C=O) groups is 2. The van der Waals surface area contributed by atoms with Gasteiger partial charge in [-0.25, -0.2) is 0 Å². The van der Waals surface area contributed by atoms with Crippen LogP contribution < -0.4 is 11.1 Å². The first-order chi connectivity index (χ1) is 8.50. The number of carboxylic acid groups (broad SMARTS) is 1. The van der Waals surface area contributed by atoms with Crippen LogP contribution in [0.25, 0.3) is 0 Å². The lowest BCUT2D eigenvalue weighted by atomic mass is 10.1. The van der Waals surface area contributed by atoms with Crippen LogP contribution in [0.5, 0.6) is 0 Å². The predicted molar refractivity (Wildman–Crippen MR) is 67.9 cm³/mol. The van der Waals surface area contributed by atoms with Crippen LogP contribution in [0.2, 0.25) is 0 Å². The highest BCUT2D eigenvalue weighted by Gasteiger charge is 2.16. The largest absolute Gasteiger partial charge is 0.481 e. The molecule has 1 aromatic rings. The zero-order valence-electron chi connectivity index (χ0n) is 10.3. The van der Waals surface area contributed by atoms with Crippen LogP contribution in [0.15, 0.2) is 30.3 Å². The number of nitrogens with two attached hydrogens (primary N) is 1. The molecular weight excluding hydrogens is 232 g/mol. The fraction of sp³-hybridized carbons (Fsp3) is 0.385. The molecule has 0 heterocycles. The van der Waals surface area contributed by atoms with Crippen molar-refractivity contribution in [2.45, 2.75) is 19.4 Å². The van der Waals surface area contributed by atoms with E-state index in [-0.39, 0.29) is 12.5 Å². The zero-order valence-corrected chi connectivity index (χ0v) is 10.3. The van der Waals surface area contributed by atoms with Gasteiger partial charge in [0.1, 0.15) is 0 Å². The zero-order chi connectivity index (χ0) is 13.5. The fourth-order valence-electron chi connectivity index (χ4n) is 1.43. The second-order valence-electron chi connectivity index (χ2n) is 4.28. The van der Waals surface area contributed by atoms with Gasteiger partial charge in [-0.1, -0.05) is 37.3 Å². The van der Waals surface area contributed by atoms with E-state index in [4.69, 9.17) is 10.8 Å². The molecule has 1 amide bonds. The number of rotatable bonds is 6. The van der Waals surface area contributed by atoms with Crippen molar-refractivity contribution in [3.05, 3.63) is 35.9 Å². The molecule has 0 aliphatic rings.